The van der Waals surface area contributed by atoms with E-state index in [0.29, 0.717) is 16.2 Å². The maximum Gasteiger partial charge on any atom is 0.339 e. The highest BCUT2D eigenvalue weighted by Crippen LogP contribution is 2.23. The van der Waals surface area contributed by atoms with Crippen molar-refractivity contribution in [2.45, 2.75) is 25.2 Å². The number of ether oxygens (including phenoxy) is 1. The van der Waals surface area contributed by atoms with Gasteiger partial charge in [0.1, 0.15) is 0 Å². The van der Waals surface area contributed by atoms with Crippen molar-refractivity contribution < 1.29 is 18.5 Å². The second kappa shape index (κ2) is 8.31. The number of benzene rings is 2. The molecule has 0 aliphatic carbocycles. The third-order valence-electron chi connectivity index (χ3n) is 4.43. The molecule has 0 bridgehead atoms. The molecule has 0 fully saturated rings. The molecule has 1 aromatic heterocycles. The number of H-pyrrole nitrogens is 1. The number of fused-ring (bicyclic) bond motifs is 1. The Hall–Kier alpha value is -2.73. The highest BCUT2D eigenvalue weighted by Gasteiger charge is 2.19. The normalized spacial score (nSPS) is 12.1. The molecule has 1 N–H and O–H groups in total. The molecule has 0 saturated carbocycles. The van der Waals surface area contributed by atoms with Crippen LogP contribution < -0.4 is 0 Å². The van der Waals surface area contributed by atoms with E-state index in [1.54, 1.807) is 37.4 Å². The highest BCUT2D eigenvalue weighted by atomic mass is 32.2. The predicted octanol–water partition coefficient (Wildman–Crippen LogP) is 3.90. The fourth-order valence-electron chi connectivity index (χ4n) is 3.02. The molecule has 3 aromatic rings. The summed E-state index contributed by atoms with van der Waals surface area (Å²) in [7, 11) is -1.28. The topological polar surface area (TPSA) is 76.2 Å². The molecule has 27 heavy (non-hydrogen) atoms. The van der Waals surface area contributed by atoms with Gasteiger partial charge in [-0.2, -0.15) is 0 Å². The molecule has 0 spiro atoms. The summed E-state index contributed by atoms with van der Waals surface area (Å²) in [6.45, 7) is 3.47. The van der Waals surface area contributed by atoms with Gasteiger partial charge in [-0.3, -0.25) is 9.00 Å². The van der Waals surface area contributed by atoms with Crippen LogP contribution in [0.25, 0.3) is 10.9 Å². The Morgan fingerprint density at radius 1 is 1.04 bits per heavy atom. The van der Waals surface area contributed by atoms with Gasteiger partial charge in [-0.15, -0.1) is 0 Å². The zero-order valence-corrected chi connectivity index (χ0v) is 16.1. The van der Waals surface area contributed by atoms with Gasteiger partial charge >= 0.3 is 5.97 Å². The first-order valence-electron chi connectivity index (χ1n) is 8.83. The van der Waals surface area contributed by atoms with Crippen molar-refractivity contribution in [3.63, 3.8) is 0 Å². The fourth-order valence-corrected chi connectivity index (χ4v) is 3.96. The SMILES string of the molecule is CCc1cccc2c(C(=O)COC(=O)c3ccccc3[S@@](=O)CC)c[nH]c12. The highest BCUT2D eigenvalue weighted by molar-refractivity contribution is 7.85. The first kappa shape index (κ1) is 19.0. The fraction of sp³-hybridized carbons (Fsp3) is 0.238. The Kier molecular flexibility index (Phi) is 5.86. The van der Waals surface area contributed by atoms with Gasteiger partial charge in [0, 0.05) is 28.4 Å². The lowest BCUT2D eigenvalue weighted by Gasteiger charge is -2.08. The number of Topliss-reactive ketones (excluding diaryl/α,β-unsaturated/α-hetero) is 1. The number of aromatic nitrogens is 1. The van der Waals surface area contributed by atoms with E-state index < -0.39 is 16.8 Å². The molecule has 0 saturated heterocycles. The van der Waals surface area contributed by atoms with Gasteiger partial charge in [-0.1, -0.05) is 44.2 Å². The maximum absolute atomic E-state index is 12.6. The number of ketones is 1. The molecule has 1 atom stereocenters. The summed E-state index contributed by atoms with van der Waals surface area (Å²) in [5.74, 6) is -0.523. The predicted molar refractivity (Wildman–Crippen MR) is 106 cm³/mol. The van der Waals surface area contributed by atoms with Crippen LogP contribution in [0, 0.1) is 0 Å². The maximum atomic E-state index is 12.6. The minimum absolute atomic E-state index is 0.234. The zero-order valence-electron chi connectivity index (χ0n) is 15.3. The minimum atomic E-state index is -1.28. The first-order chi connectivity index (χ1) is 13.1. The number of rotatable bonds is 7. The van der Waals surface area contributed by atoms with Crippen molar-refractivity contribution in [3.05, 3.63) is 65.4 Å². The van der Waals surface area contributed by atoms with Gasteiger partial charge in [0.15, 0.2) is 6.61 Å². The van der Waals surface area contributed by atoms with E-state index in [9.17, 15) is 13.8 Å². The second-order valence-corrected chi connectivity index (χ2v) is 7.73. The summed E-state index contributed by atoms with van der Waals surface area (Å²) in [5.41, 5.74) is 2.79. The van der Waals surface area contributed by atoms with Crippen LogP contribution in [0.4, 0.5) is 0 Å². The summed E-state index contributed by atoms with van der Waals surface area (Å²) in [6, 6.07) is 12.4. The number of carbonyl (C=O) groups is 2. The van der Waals surface area contributed by atoms with Crippen LogP contribution in [0.5, 0.6) is 0 Å². The third-order valence-corrected chi connectivity index (χ3v) is 5.80. The van der Waals surface area contributed by atoms with Gasteiger partial charge in [0.05, 0.1) is 21.3 Å². The molecular weight excluding hydrogens is 362 g/mol. The lowest BCUT2D eigenvalue weighted by atomic mass is 10.1. The van der Waals surface area contributed by atoms with Gasteiger partial charge in [0.25, 0.3) is 0 Å². The lowest BCUT2D eigenvalue weighted by Crippen LogP contribution is -2.16. The van der Waals surface area contributed by atoms with E-state index in [2.05, 4.69) is 11.9 Å². The largest absolute Gasteiger partial charge is 0.454 e. The molecule has 0 aliphatic heterocycles. The Balaban J connectivity index is 1.77. The van der Waals surface area contributed by atoms with Crippen molar-refractivity contribution in [1.82, 2.24) is 4.98 Å². The van der Waals surface area contributed by atoms with Gasteiger partial charge < -0.3 is 9.72 Å². The molecule has 0 unspecified atom stereocenters. The number of para-hydroxylation sites is 1. The van der Waals surface area contributed by atoms with E-state index in [4.69, 9.17) is 4.74 Å². The number of carbonyl (C=O) groups excluding carboxylic acids is 2. The average Bonchev–Trinajstić information content (AvgIpc) is 3.15. The molecule has 1 heterocycles. The van der Waals surface area contributed by atoms with Crippen molar-refractivity contribution in [1.29, 1.82) is 0 Å². The Morgan fingerprint density at radius 2 is 1.81 bits per heavy atom. The quantitative estimate of drug-likeness (QED) is 0.496. The van der Waals surface area contributed by atoms with Gasteiger partial charge in [-0.05, 0) is 24.1 Å². The van der Waals surface area contributed by atoms with E-state index in [1.165, 1.54) is 0 Å². The van der Waals surface area contributed by atoms with Crippen LogP contribution in [0.15, 0.2) is 53.6 Å². The van der Waals surface area contributed by atoms with E-state index in [-0.39, 0.29) is 18.0 Å². The Labute approximate surface area is 160 Å². The van der Waals surface area contributed by atoms with Crippen LogP contribution in [0.3, 0.4) is 0 Å². The van der Waals surface area contributed by atoms with Crippen molar-refractivity contribution >= 4 is 33.5 Å². The van der Waals surface area contributed by atoms with E-state index in [1.807, 2.05) is 18.2 Å². The third kappa shape index (κ3) is 3.85. The van der Waals surface area contributed by atoms with Gasteiger partial charge in [0.2, 0.25) is 5.78 Å². The van der Waals surface area contributed by atoms with Crippen LogP contribution in [-0.4, -0.2) is 33.3 Å². The van der Waals surface area contributed by atoms with Crippen LogP contribution in [0.1, 0.15) is 40.1 Å². The lowest BCUT2D eigenvalue weighted by molar-refractivity contribution is 0.0471. The van der Waals surface area contributed by atoms with Crippen LogP contribution in [-0.2, 0) is 22.0 Å². The summed E-state index contributed by atoms with van der Waals surface area (Å²) < 4.78 is 17.3. The molecule has 3 rings (SSSR count). The van der Waals surface area contributed by atoms with Crippen molar-refractivity contribution in [2.75, 3.05) is 12.4 Å². The average molecular weight is 383 g/mol. The number of aromatic amines is 1. The van der Waals surface area contributed by atoms with E-state index >= 15 is 0 Å². The summed E-state index contributed by atoms with van der Waals surface area (Å²) in [6.07, 6.45) is 2.51. The number of esters is 1. The molecule has 5 nitrogen and oxygen atoms in total. The molecular formula is C21H21NO4S. The van der Waals surface area contributed by atoms with Gasteiger partial charge in [-0.25, -0.2) is 4.79 Å². The summed E-state index contributed by atoms with van der Waals surface area (Å²) in [4.78, 5) is 28.5. The number of hydrogen-bond donors (Lipinski definition) is 1. The molecule has 2 aromatic carbocycles. The molecule has 0 aliphatic rings. The first-order valence-corrected chi connectivity index (χ1v) is 10.1. The monoisotopic (exact) mass is 383 g/mol. The molecule has 0 radical (unpaired) electrons. The smallest absolute Gasteiger partial charge is 0.339 e. The van der Waals surface area contributed by atoms with Crippen molar-refractivity contribution in [3.8, 4) is 0 Å². The number of nitrogens with one attached hydrogen (secondary N) is 1. The Morgan fingerprint density at radius 3 is 2.56 bits per heavy atom. The minimum Gasteiger partial charge on any atom is -0.454 e. The second-order valence-electron chi connectivity index (χ2n) is 6.03. The van der Waals surface area contributed by atoms with Crippen molar-refractivity contribution in [2.24, 2.45) is 0 Å². The number of hydrogen-bond acceptors (Lipinski definition) is 4. The molecule has 6 heteroatoms. The van der Waals surface area contributed by atoms with Crippen LogP contribution >= 0.6 is 0 Å². The number of aryl methyl sites for hydroxylation is 1. The summed E-state index contributed by atoms with van der Waals surface area (Å²) in [5, 5.41) is 0.822. The molecule has 0 amide bonds. The van der Waals surface area contributed by atoms with E-state index in [0.717, 1.165) is 22.9 Å². The summed E-state index contributed by atoms with van der Waals surface area (Å²) >= 11 is 0. The zero-order chi connectivity index (χ0) is 19.4. The standard InChI is InChI=1S/C21H21NO4S/c1-3-14-8-7-10-15-17(12-22-20(14)15)18(23)13-26-21(24)16-9-5-6-11-19(16)27(25)4-2/h5-12,22H,3-4,13H2,1-2H3/t27-/m0/s1. The Bertz CT molecular complexity index is 1020. The van der Waals surface area contributed by atoms with Crippen LogP contribution in [0.2, 0.25) is 0 Å². The molecule has 140 valence electrons.